The fraction of sp³-hybridized carbons (Fsp3) is 0.0909. The molecule has 0 fully saturated rings. The van der Waals surface area contributed by atoms with E-state index in [0.717, 1.165) is 19.2 Å². The summed E-state index contributed by atoms with van der Waals surface area (Å²) in [6.07, 6.45) is 0.702. The fourth-order valence-corrected chi connectivity index (χ4v) is 2.96. The zero-order valence-electron chi connectivity index (χ0n) is 10.5. The van der Waals surface area contributed by atoms with Gasteiger partial charge in [0.1, 0.15) is 10.7 Å². The predicted molar refractivity (Wildman–Crippen MR) is 70.8 cm³/mol. The van der Waals surface area contributed by atoms with Crippen molar-refractivity contribution in [3.8, 4) is 5.88 Å². The van der Waals surface area contributed by atoms with Crippen LogP contribution in [-0.4, -0.2) is 25.5 Å². The van der Waals surface area contributed by atoms with Gasteiger partial charge in [-0.1, -0.05) is 17.7 Å². The van der Waals surface area contributed by atoms with Gasteiger partial charge in [0.15, 0.2) is 0 Å². The Morgan fingerprint density at radius 2 is 2.05 bits per heavy atom. The lowest BCUT2D eigenvalue weighted by Gasteiger charge is -2.11. The number of nitrogens with one attached hydrogen (secondary N) is 1. The Morgan fingerprint density at radius 1 is 1.33 bits per heavy atom. The molecular formula is C11H8ClF2N3O3S. The molecule has 0 aliphatic heterocycles. The van der Waals surface area contributed by atoms with E-state index in [-0.39, 0.29) is 11.7 Å². The molecule has 6 nitrogen and oxygen atoms in total. The molecule has 0 bridgehead atoms. The molecule has 112 valence electrons. The minimum absolute atomic E-state index is 0.348. The molecule has 0 saturated carbocycles. The van der Waals surface area contributed by atoms with Crippen molar-refractivity contribution in [1.29, 1.82) is 0 Å². The summed E-state index contributed by atoms with van der Waals surface area (Å²) in [7, 11) is -3.08. The minimum Gasteiger partial charge on any atom is -0.478 e. The molecule has 21 heavy (non-hydrogen) atoms. The zero-order valence-corrected chi connectivity index (χ0v) is 12.0. The third-order valence-electron chi connectivity index (χ3n) is 2.34. The van der Waals surface area contributed by atoms with Gasteiger partial charge >= 0.3 is 0 Å². The largest absolute Gasteiger partial charge is 0.478 e. The lowest BCUT2D eigenvalue weighted by Crippen LogP contribution is -2.16. The van der Waals surface area contributed by atoms with Crippen molar-refractivity contribution < 1.29 is 21.9 Å². The van der Waals surface area contributed by atoms with E-state index in [1.54, 1.807) is 0 Å². The first kappa shape index (κ1) is 15.4. The highest BCUT2D eigenvalue weighted by atomic mass is 35.5. The first-order chi connectivity index (χ1) is 9.85. The van der Waals surface area contributed by atoms with E-state index in [4.69, 9.17) is 16.3 Å². The van der Waals surface area contributed by atoms with Crippen LogP contribution >= 0.6 is 11.6 Å². The number of anilines is 1. The molecule has 10 heteroatoms. The predicted octanol–water partition coefficient (Wildman–Crippen LogP) is 2.22. The molecule has 0 aliphatic carbocycles. The molecule has 0 radical (unpaired) electrons. The Morgan fingerprint density at radius 3 is 2.71 bits per heavy atom. The highest BCUT2D eigenvalue weighted by molar-refractivity contribution is 7.92. The Balaban J connectivity index is 2.45. The van der Waals surface area contributed by atoms with Gasteiger partial charge in [0, 0.05) is 0 Å². The molecule has 1 heterocycles. The van der Waals surface area contributed by atoms with E-state index in [1.165, 1.54) is 6.07 Å². The maximum atomic E-state index is 13.3. The highest BCUT2D eigenvalue weighted by Gasteiger charge is 2.23. The van der Waals surface area contributed by atoms with Crippen molar-refractivity contribution in [3.05, 3.63) is 41.2 Å². The number of aromatic nitrogens is 2. The second-order valence-corrected chi connectivity index (χ2v) is 5.74. The Kier molecular flexibility index (Phi) is 4.24. The Hall–Kier alpha value is -2.00. The summed E-state index contributed by atoms with van der Waals surface area (Å²) in [4.78, 5) is 6.36. The van der Waals surface area contributed by atoms with Crippen molar-refractivity contribution in [3.63, 3.8) is 0 Å². The van der Waals surface area contributed by atoms with Gasteiger partial charge < -0.3 is 4.74 Å². The molecule has 0 amide bonds. The summed E-state index contributed by atoms with van der Waals surface area (Å²) in [5, 5.41) is -0.570. The topological polar surface area (TPSA) is 81.2 Å². The van der Waals surface area contributed by atoms with Crippen LogP contribution in [0.4, 0.5) is 14.6 Å². The van der Waals surface area contributed by atoms with E-state index in [9.17, 15) is 17.2 Å². The van der Waals surface area contributed by atoms with Gasteiger partial charge in [0.25, 0.3) is 15.9 Å². The van der Waals surface area contributed by atoms with Crippen LogP contribution in [0.1, 0.15) is 0 Å². The monoisotopic (exact) mass is 335 g/mol. The number of hydrogen-bond acceptors (Lipinski definition) is 5. The van der Waals surface area contributed by atoms with Crippen molar-refractivity contribution in [2.75, 3.05) is 11.8 Å². The molecule has 0 atom stereocenters. The summed E-state index contributed by atoms with van der Waals surface area (Å²) < 4.78 is 57.2. The summed E-state index contributed by atoms with van der Waals surface area (Å²) in [5.74, 6) is -2.55. The third-order valence-corrected chi connectivity index (χ3v) is 4.22. The number of hydrogen-bond donors (Lipinski definition) is 1. The number of ether oxygens (including phenoxy) is 1. The quantitative estimate of drug-likeness (QED) is 0.926. The number of sulfonamides is 1. The number of rotatable bonds is 4. The summed E-state index contributed by atoms with van der Waals surface area (Å²) >= 11 is 5.62. The maximum Gasteiger partial charge on any atom is 0.264 e. The van der Waals surface area contributed by atoms with Gasteiger partial charge in [-0.15, -0.1) is 0 Å². The fourth-order valence-electron chi connectivity index (χ4n) is 1.44. The van der Waals surface area contributed by atoms with Gasteiger partial charge in [0.2, 0.25) is 11.8 Å². The molecule has 0 aliphatic rings. The molecule has 0 unspecified atom stereocenters. The number of methoxy groups -OCH3 is 1. The number of halogens is 3. The summed E-state index contributed by atoms with van der Waals surface area (Å²) in [6.45, 7) is 0. The van der Waals surface area contributed by atoms with Crippen molar-refractivity contribution in [1.82, 2.24) is 9.97 Å². The first-order valence-electron chi connectivity index (χ1n) is 5.38. The molecule has 0 spiro atoms. The van der Waals surface area contributed by atoms with Crippen molar-refractivity contribution >= 4 is 27.4 Å². The molecule has 1 aromatic carbocycles. The first-order valence-corrected chi connectivity index (χ1v) is 7.24. The zero-order chi connectivity index (χ0) is 15.6. The van der Waals surface area contributed by atoms with Crippen LogP contribution in [0.25, 0.3) is 0 Å². The smallest absolute Gasteiger partial charge is 0.264 e. The average molecular weight is 336 g/mol. The second-order valence-electron chi connectivity index (χ2n) is 3.71. The van der Waals surface area contributed by atoms with E-state index in [1.807, 2.05) is 4.72 Å². The van der Waals surface area contributed by atoms with Crippen LogP contribution in [0, 0.1) is 11.8 Å². The number of nitrogens with zero attached hydrogens (tertiary/aromatic N) is 2. The van der Waals surface area contributed by atoms with E-state index in [0.29, 0.717) is 6.20 Å². The third kappa shape index (κ3) is 3.19. The minimum atomic E-state index is -4.24. The van der Waals surface area contributed by atoms with Crippen LogP contribution in [0.5, 0.6) is 5.88 Å². The normalized spacial score (nSPS) is 11.2. The van der Waals surface area contributed by atoms with Crippen LogP contribution in [0.2, 0.25) is 5.02 Å². The maximum absolute atomic E-state index is 13.3. The molecule has 2 aromatic rings. The van der Waals surface area contributed by atoms with Crippen LogP contribution < -0.4 is 9.46 Å². The summed E-state index contributed by atoms with van der Waals surface area (Å²) in [5.41, 5.74) is 0. The SMILES string of the molecule is COc1nc(F)cnc1NS(=O)(=O)c1cccc(F)c1Cl. The highest BCUT2D eigenvalue weighted by Crippen LogP contribution is 2.27. The van der Waals surface area contributed by atoms with Gasteiger partial charge in [-0.25, -0.2) is 17.8 Å². The standard InChI is InChI=1S/C11H8ClF2N3O3S/c1-20-11-10(15-5-8(14)16-11)17-21(18,19)7-4-2-3-6(13)9(7)12/h2-5H,1H3,(H,15,17). The number of benzene rings is 1. The average Bonchev–Trinajstić information content (AvgIpc) is 2.43. The lowest BCUT2D eigenvalue weighted by atomic mass is 10.3. The van der Waals surface area contributed by atoms with Crippen LogP contribution in [0.15, 0.2) is 29.3 Å². The molecule has 0 saturated heterocycles. The molecular weight excluding hydrogens is 328 g/mol. The van der Waals surface area contributed by atoms with Gasteiger partial charge in [-0.2, -0.15) is 9.37 Å². The second kappa shape index (κ2) is 5.78. The molecule has 1 N–H and O–H groups in total. The van der Waals surface area contributed by atoms with E-state index < -0.39 is 31.7 Å². The van der Waals surface area contributed by atoms with Gasteiger partial charge in [0.05, 0.1) is 18.3 Å². The Labute approximate surface area is 123 Å². The van der Waals surface area contributed by atoms with Crippen LogP contribution in [-0.2, 0) is 10.0 Å². The van der Waals surface area contributed by atoms with Crippen molar-refractivity contribution in [2.24, 2.45) is 0 Å². The lowest BCUT2D eigenvalue weighted by molar-refractivity contribution is 0.387. The van der Waals surface area contributed by atoms with Gasteiger partial charge in [-0.05, 0) is 12.1 Å². The Bertz CT molecular complexity index is 786. The molecule has 1 aromatic heterocycles. The van der Waals surface area contributed by atoms with Crippen molar-refractivity contribution in [2.45, 2.75) is 4.90 Å². The van der Waals surface area contributed by atoms with E-state index >= 15 is 0 Å². The van der Waals surface area contributed by atoms with Gasteiger partial charge in [-0.3, -0.25) is 4.72 Å². The molecule has 2 rings (SSSR count). The van der Waals surface area contributed by atoms with E-state index in [2.05, 4.69) is 9.97 Å². The van der Waals surface area contributed by atoms with Crippen LogP contribution in [0.3, 0.4) is 0 Å². The summed E-state index contributed by atoms with van der Waals surface area (Å²) in [6, 6.07) is 3.31.